The Morgan fingerprint density at radius 1 is 0.970 bits per heavy atom. The summed E-state index contributed by atoms with van der Waals surface area (Å²) >= 11 is 1.55. The summed E-state index contributed by atoms with van der Waals surface area (Å²) < 4.78 is 14.9. The Hall–Kier alpha value is -3.40. The van der Waals surface area contributed by atoms with Crippen LogP contribution in [0.4, 0.5) is 0 Å². The van der Waals surface area contributed by atoms with Crippen LogP contribution in [-0.2, 0) is 12.3 Å². The van der Waals surface area contributed by atoms with Crippen LogP contribution in [0.1, 0.15) is 32.5 Å². The molecule has 0 aliphatic rings. The smallest absolute Gasteiger partial charge is 0.196 e. The molecule has 2 aromatic heterocycles. The molecule has 0 N–H and O–H groups in total. The van der Waals surface area contributed by atoms with Crippen LogP contribution in [0.25, 0.3) is 17.1 Å². The zero-order valence-electron chi connectivity index (χ0n) is 19.0. The predicted molar refractivity (Wildman–Crippen MR) is 127 cm³/mol. The normalized spacial score (nSPS) is 11.0. The molecule has 0 saturated heterocycles. The molecule has 0 aliphatic carbocycles. The highest BCUT2D eigenvalue weighted by atomic mass is 32.2. The lowest BCUT2D eigenvalue weighted by Crippen LogP contribution is -2.06. The summed E-state index contributed by atoms with van der Waals surface area (Å²) in [4.78, 5) is 0. The lowest BCUT2D eigenvalue weighted by atomic mass is 10.2. The third kappa shape index (κ3) is 5.33. The van der Waals surface area contributed by atoms with Gasteiger partial charge in [-0.15, -0.1) is 15.3 Å². The number of tetrazole rings is 1. The summed E-state index contributed by atoms with van der Waals surface area (Å²) in [5.41, 5.74) is 1.85. The fraction of sp³-hybridized carbons (Fsp3) is 0.348. The van der Waals surface area contributed by atoms with Crippen molar-refractivity contribution >= 4 is 11.8 Å². The number of aromatic nitrogens is 7. The van der Waals surface area contributed by atoms with Crippen molar-refractivity contribution in [3.05, 3.63) is 54.4 Å². The maximum Gasteiger partial charge on any atom is 0.196 e. The molecule has 0 atom stereocenters. The van der Waals surface area contributed by atoms with Gasteiger partial charge in [-0.1, -0.05) is 37.2 Å². The van der Waals surface area contributed by atoms with Gasteiger partial charge in [0.2, 0.25) is 0 Å². The molecule has 0 amide bonds. The molecule has 0 bridgehead atoms. The van der Waals surface area contributed by atoms with Gasteiger partial charge in [0.05, 0.1) is 19.5 Å². The Bertz CT molecular complexity index is 1170. The second kappa shape index (κ2) is 11.0. The number of hydrogen-bond acceptors (Lipinski definition) is 8. The van der Waals surface area contributed by atoms with Crippen LogP contribution < -0.4 is 9.47 Å². The molecule has 10 heteroatoms. The van der Waals surface area contributed by atoms with Gasteiger partial charge < -0.3 is 9.47 Å². The van der Waals surface area contributed by atoms with Gasteiger partial charge in [0.15, 0.2) is 16.8 Å². The van der Waals surface area contributed by atoms with Gasteiger partial charge >= 0.3 is 0 Å². The van der Waals surface area contributed by atoms with Crippen LogP contribution in [0.2, 0.25) is 0 Å². The molecule has 0 fully saturated rings. The molecule has 0 saturated carbocycles. The van der Waals surface area contributed by atoms with Crippen molar-refractivity contribution in [3.8, 4) is 28.6 Å². The first kappa shape index (κ1) is 22.8. The highest BCUT2D eigenvalue weighted by Gasteiger charge is 2.18. The maximum atomic E-state index is 5.61. The monoisotopic (exact) mass is 465 g/mol. The number of unbranched alkanes of at least 4 members (excludes halogenated alkanes) is 1. The summed E-state index contributed by atoms with van der Waals surface area (Å²) in [5.74, 6) is 3.72. The quantitative estimate of drug-likeness (QED) is 0.301. The summed E-state index contributed by atoms with van der Waals surface area (Å²) in [6.07, 6.45) is 2.12. The van der Waals surface area contributed by atoms with Crippen LogP contribution in [-0.4, -0.2) is 48.7 Å². The minimum absolute atomic E-state index is 0.587. The summed E-state index contributed by atoms with van der Waals surface area (Å²) in [5, 5.41) is 21.9. The second-order valence-corrected chi connectivity index (χ2v) is 8.20. The van der Waals surface area contributed by atoms with Gasteiger partial charge in [0.25, 0.3) is 0 Å². The highest BCUT2D eigenvalue weighted by Crippen LogP contribution is 2.31. The number of methoxy groups -OCH3 is 1. The second-order valence-electron chi connectivity index (χ2n) is 7.26. The van der Waals surface area contributed by atoms with Crippen molar-refractivity contribution in [2.24, 2.45) is 0 Å². The van der Waals surface area contributed by atoms with E-state index in [1.165, 1.54) is 0 Å². The van der Waals surface area contributed by atoms with Crippen LogP contribution in [0.15, 0.2) is 53.7 Å². The average Bonchev–Trinajstić information content (AvgIpc) is 3.49. The number of thioether (sulfide) groups is 1. The van der Waals surface area contributed by atoms with E-state index in [-0.39, 0.29) is 0 Å². The molecule has 0 spiro atoms. The summed E-state index contributed by atoms with van der Waals surface area (Å²) in [6.45, 7) is 5.55. The van der Waals surface area contributed by atoms with E-state index in [2.05, 4.69) is 32.6 Å². The Morgan fingerprint density at radius 3 is 2.58 bits per heavy atom. The van der Waals surface area contributed by atoms with Crippen molar-refractivity contribution in [1.82, 2.24) is 35.0 Å². The van der Waals surface area contributed by atoms with E-state index in [9.17, 15) is 0 Å². The molecule has 33 heavy (non-hydrogen) atoms. The van der Waals surface area contributed by atoms with Crippen LogP contribution >= 0.6 is 11.8 Å². The van der Waals surface area contributed by atoms with E-state index in [1.54, 1.807) is 18.9 Å². The third-order valence-electron chi connectivity index (χ3n) is 5.03. The molecule has 2 aromatic carbocycles. The lowest BCUT2D eigenvalue weighted by Gasteiger charge is -2.12. The number of rotatable bonds is 11. The van der Waals surface area contributed by atoms with Gasteiger partial charge in [-0.25, -0.2) is 4.68 Å². The van der Waals surface area contributed by atoms with E-state index >= 15 is 0 Å². The first-order valence-corrected chi connectivity index (χ1v) is 11.9. The molecule has 0 unspecified atom stereocenters. The molecule has 0 aliphatic heterocycles. The first-order valence-electron chi connectivity index (χ1n) is 10.9. The number of ether oxygens (including phenoxy) is 2. The van der Waals surface area contributed by atoms with E-state index in [4.69, 9.17) is 9.47 Å². The van der Waals surface area contributed by atoms with E-state index in [0.717, 1.165) is 58.9 Å². The molecular formula is C23H27N7O2S. The molecule has 0 radical (unpaired) electrons. The van der Waals surface area contributed by atoms with Gasteiger partial charge in [0, 0.05) is 17.8 Å². The Balaban J connectivity index is 1.68. The fourth-order valence-electron chi connectivity index (χ4n) is 3.34. The molecular weight excluding hydrogens is 438 g/mol. The van der Waals surface area contributed by atoms with E-state index in [1.807, 2.05) is 64.7 Å². The molecule has 4 aromatic rings. The SMILES string of the molecule is CCCCn1nnnc1CSc1nnc(-c2cccc(OC)c2)n1-c1ccc(OCC)cc1. The van der Waals surface area contributed by atoms with Crippen molar-refractivity contribution in [2.45, 2.75) is 44.1 Å². The maximum absolute atomic E-state index is 5.61. The van der Waals surface area contributed by atoms with Crippen LogP contribution in [0.3, 0.4) is 0 Å². The van der Waals surface area contributed by atoms with Crippen molar-refractivity contribution < 1.29 is 9.47 Å². The Labute approximate surface area is 197 Å². The fourth-order valence-corrected chi connectivity index (χ4v) is 4.23. The van der Waals surface area contributed by atoms with Crippen molar-refractivity contribution in [2.75, 3.05) is 13.7 Å². The van der Waals surface area contributed by atoms with Gasteiger partial charge in [0.1, 0.15) is 11.5 Å². The van der Waals surface area contributed by atoms with E-state index < -0.39 is 0 Å². The minimum atomic E-state index is 0.587. The van der Waals surface area contributed by atoms with E-state index in [0.29, 0.717) is 12.4 Å². The molecule has 4 rings (SSSR count). The van der Waals surface area contributed by atoms with Crippen molar-refractivity contribution in [1.29, 1.82) is 0 Å². The van der Waals surface area contributed by atoms with Crippen LogP contribution in [0, 0.1) is 0 Å². The molecule has 9 nitrogen and oxygen atoms in total. The Morgan fingerprint density at radius 2 is 1.82 bits per heavy atom. The van der Waals surface area contributed by atoms with Gasteiger partial charge in [-0.3, -0.25) is 4.57 Å². The van der Waals surface area contributed by atoms with Crippen LogP contribution in [0.5, 0.6) is 11.5 Å². The van der Waals surface area contributed by atoms with Crippen molar-refractivity contribution in [3.63, 3.8) is 0 Å². The standard InChI is InChI=1S/C23H27N7O2S/c1-4-6-14-29-21(24-27-28-29)16-33-23-26-25-22(17-8-7-9-20(15-17)31-3)30(23)18-10-12-19(13-11-18)32-5-2/h7-13,15H,4-6,14,16H2,1-3H3. The highest BCUT2D eigenvalue weighted by molar-refractivity contribution is 7.98. The number of aryl methyl sites for hydroxylation is 1. The molecule has 2 heterocycles. The predicted octanol–water partition coefficient (Wildman–Crippen LogP) is 4.42. The lowest BCUT2D eigenvalue weighted by molar-refractivity contribution is 0.340. The Kier molecular flexibility index (Phi) is 7.56. The molecule has 172 valence electrons. The minimum Gasteiger partial charge on any atom is -0.497 e. The van der Waals surface area contributed by atoms with Gasteiger partial charge in [-0.2, -0.15) is 0 Å². The number of nitrogens with zero attached hydrogens (tertiary/aromatic N) is 7. The topological polar surface area (TPSA) is 92.8 Å². The first-order chi connectivity index (χ1) is 16.2. The largest absolute Gasteiger partial charge is 0.497 e. The zero-order valence-corrected chi connectivity index (χ0v) is 19.8. The van der Waals surface area contributed by atoms with Gasteiger partial charge in [-0.05, 0) is 60.2 Å². The number of hydrogen-bond donors (Lipinski definition) is 0. The zero-order chi connectivity index (χ0) is 23.0. The number of benzene rings is 2. The summed E-state index contributed by atoms with van der Waals surface area (Å²) in [6, 6.07) is 15.7. The average molecular weight is 466 g/mol. The summed E-state index contributed by atoms with van der Waals surface area (Å²) in [7, 11) is 1.65. The third-order valence-corrected chi connectivity index (χ3v) is 5.95.